The van der Waals surface area contributed by atoms with Gasteiger partial charge in [-0.1, -0.05) is 5.16 Å². The van der Waals surface area contributed by atoms with Gasteiger partial charge in [0.1, 0.15) is 7.11 Å². The fraction of sp³-hybridized carbons (Fsp3) is 0.286. The molecular weight excluding hydrogens is 174 g/mol. The average molecular weight is 183 g/mol. The highest BCUT2D eigenvalue weighted by atomic mass is 16.6. The molecule has 0 radical (unpaired) electrons. The highest BCUT2D eigenvalue weighted by Gasteiger charge is 2.16. The Hall–Kier alpha value is -1.85. The number of hydrogen-bond acceptors (Lipinski definition) is 4. The predicted octanol–water partition coefficient (Wildman–Crippen LogP) is -0.145. The minimum absolute atomic E-state index is 0.164. The topological polar surface area (TPSA) is 76.7 Å². The third-order valence-electron chi connectivity index (χ3n) is 1.45. The van der Waals surface area contributed by atoms with E-state index in [2.05, 4.69) is 15.1 Å². The molecule has 0 aliphatic carbocycles. The number of aryl methyl sites for hydroxylation is 1. The van der Waals surface area contributed by atoms with E-state index in [1.807, 2.05) is 0 Å². The monoisotopic (exact) mass is 183 g/mol. The van der Waals surface area contributed by atoms with Gasteiger partial charge in [-0.2, -0.15) is 5.10 Å². The summed E-state index contributed by atoms with van der Waals surface area (Å²) in [6, 6.07) is 1.55. The first-order valence-electron chi connectivity index (χ1n) is 3.49. The Morgan fingerprint density at radius 1 is 1.77 bits per heavy atom. The van der Waals surface area contributed by atoms with E-state index in [9.17, 15) is 4.79 Å². The predicted molar refractivity (Wildman–Crippen MR) is 44.4 cm³/mol. The molecule has 0 aliphatic rings. The van der Waals surface area contributed by atoms with Crippen molar-refractivity contribution in [2.24, 2.45) is 12.2 Å². The molecule has 1 N–H and O–H groups in total. The normalized spacial score (nSPS) is 11.4. The summed E-state index contributed by atoms with van der Waals surface area (Å²) in [5.74, 6) is -1.15. The van der Waals surface area contributed by atoms with Crippen molar-refractivity contribution in [3.05, 3.63) is 18.0 Å². The lowest BCUT2D eigenvalue weighted by molar-refractivity contribution is -0.129. The summed E-state index contributed by atoms with van der Waals surface area (Å²) in [6.45, 7) is 0. The second kappa shape index (κ2) is 3.70. The molecule has 0 unspecified atom stereocenters. The maximum atomic E-state index is 10.7. The lowest BCUT2D eigenvalue weighted by atomic mass is 10.3. The third-order valence-corrected chi connectivity index (χ3v) is 1.45. The summed E-state index contributed by atoms with van der Waals surface area (Å²) in [7, 11) is 2.92. The maximum absolute atomic E-state index is 10.7. The van der Waals surface area contributed by atoms with Gasteiger partial charge in [0.15, 0.2) is 0 Å². The fourth-order valence-electron chi connectivity index (χ4n) is 0.893. The molecule has 1 heterocycles. The Labute approximate surface area is 74.4 Å². The highest BCUT2D eigenvalue weighted by Crippen LogP contribution is 2.00. The summed E-state index contributed by atoms with van der Waals surface area (Å²) in [5, 5.41) is 16.0. The Kier molecular flexibility index (Phi) is 2.63. The van der Waals surface area contributed by atoms with Crippen molar-refractivity contribution in [2.45, 2.75) is 0 Å². The van der Waals surface area contributed by atoms with Gasteiger partial charge in [-0.05, 0) is 6.07 Å². The number of carboxylic acid groups (broad SMARTS) is 1. The molecule has 1 aromatic heterocycles. The Balaban J connectivity index is 3.10. The second-order valence-corrected chi connectivity index (χ2v) is 2.27. The molecule has 0 bridgehead atoms. The molecule has 1 rings (SSSR count). The molecule has 6 heteroatoms. The summed E-state index contributed by atoms with van der Waals surface area (Å²) in [6.07, 6.45) is 1.49. The van der Waals surface area contributed by atoms with E-state index in [0.29, 0.717) is 5.69 Å². The average Bonchev–Trinajstić information content (AvgIpc) is 2.47. The number of aliphatic carboxylic acids is 1. The SMILES string of the molecule is CO/N=C(\C(=O)O)c1ccnn1C. The largest absolute Gasteiger partial charge is 0.476 e. The van der Waals surface area contributed by atoms with E-state index in [0.717, 1.165) is 0 Å². The number of nitrogens with zero attached hydrogens (tertiary/aromatic N) is 3. The van der Waals surface area contributed by atoms with Crippen LogP contribution in [0.4, 0.5) is 0 Å². The number of rotatable bonds is 3. The van der Waals surface area contributed by atoms with Crippen LogP contribution in [-0.4, -0.2) is 33.7 Å². The van der Waals surface area contributed by atoms with Crippen LogP contribution in [0.5, 0.6) is 0 Å². The molecule has 0 spiro atoms. The van der Waals surface area contributed by atoms with Gasteiger partial charge in [0.25, 0.3) is 0 Å². The first-order valence-corrected chi connectivity index (χ1v) is 3.49. The fourth-order valence-corrected chi connectivity index (χ4v) is 0.893. The van der Waals surface area contributed by atoms with Crippen molar-refractivity contribution >= 4 is 11.7 Å². The van der Waals surface area contributed by atoms with E-state index in [1.54, 1.807) is 13.1 Å². The van der Waals surface area contributed by atoms with Gasteiger partial charge in [-0.25, -0.2) is 4.79 Å². The molecule has 6 nitrogen and oxygen atoms in total. The second-order valence-electron chi connectivity index (χ2n) is 2.27. The standard InChI is InChI=1S/C7H9N3O3/c1-10-5(3-4-8-10)6(7(11)12)9-13-2/h3-4H,1-2H3,(H,11,12)/b9-6-. The lowest BCUT2D eigenvalue weighted by Gasteiger charge is -1.99. The van der Waals surface area contributed by atoms with Crippen LogP contribution in [0.15, 0.2) is 17.4 Å². The molecule has 0 amide bonds. The quantitative estimate of drug-likeness (QED) is 0.522. The third kappa shape index (κ3) is 1.84. The van der Waals surface area contributed by atoms with Crippen molar-refractivity contribution in [1.82, 2.24) is 9.78 Å². The molecule has 0 aromatic carbocycles. The van der Waals surface area contributed by atoms with E-state index < -0.39 is 5.97 Å². The van der Waals surface area contributed by atoms with E-state index in [-0.39, 0.29) is 5.71 Å². The van der Waals surface area contributed by atoms with Gasteiger partial charge in [0.05, 0.1) is 5.69 Å². The van der Waals surface area contributed by atoms with Crippen molar-refractivity contribution < 1.29 is 14.7 Å². The van der Waals surface area contributed by atoms with Crippen LogP contribution < -0.4 is 0 Å². The number of carbonyl (C=O) groups is 1. The smallest absolute Gasteiger partial charge is 0.360 e. The van der Waals surface area contributed by atoms with Crippen LogP contribution in [0.1, 0.15) is 5.69 Å². The molecule has 70 valence electrons. The molecule has 13 heavy (non-hydrogen) atoms. The van der Waals surface area contributed by atoms with Crippen molar-refractivity contribution in [3.63, 3.8) is 0 Å². The number of oxime groups is 1. The molecule has 0 aliphatic heterocycles. The zero-order chi connectivity index (χ0) is 9.84. The van der Waals surface area contributed by atoms with Crippen LogP contribution >= 0.6 is 0 Å². The van der Waals surface area contributed by atoms with Crippen LogP contribution in [0.3, 0.4) is 0 Å². The Morgan fingerprint density at radius 3 is 2.85 bits per heavy atom. The first-order chi connectivity index (χ1) is 6.16. The van der Waals surface area contributed by atoms with Gasteiger partial charge in [0, 0.05) is 13.2 Å². The van der Waals surface area contributed by atoms with Gasteiger partial charge >= 0.3 is 5.97 Å². The molecular formula is C7H9N3O3. The van der Waals surface area contributed by atoms with Gasteiger partial charge in [-0.15, -0.1) is 0 Å². The molecule has 0 saturated heterocycles. The van der Waals surface area contributed by atoms with Crippen LogP contribution in [0.25, 0.3) is 0 Å². The van der Waals surface area contributed by atoms with Crippen LogP contribution in [-0.2, 0) is 16.7 Å². The molecule has 0 fully saturated rings. The van der Waals surface area contributed by atoms with Crippen molar-refractivity contribution in [3.8, 4) is 0 Å². The minimum atomic E-state index is -1.15. The van der Waals surface area contributed by atoms with Gasteiger partial charge < -0.3 is 9.94 Å². The summed E-state index contributed by atoms with van der Waals surface area (Å²) in [5.41, 5.74) is 0.233. The van der Waals surface area contributed by atoms with Gasteiger partial charge in [-0.3, -0.25) is 4.68 Å². The first kappa shape index (κ1) is 9.24. The Bertz CT molecular complexity index is 343. The van der Waals surface area contributed by atoms with E-state index in [4.69, 9.17) is 5.11 Å². The zero-order valence-electron chi connectivity index (χ0n) is 7.26. The van der Waals surface area contributed by atoms with Crippen molar-refractivity contribution in [1.29, 1.82) is 0 Å². The van der Waals surface area contributed by atoms with E-state index >= 15 is 0 Å². The maximum Gasteiger partial charge on any atom is 0.360 e. The summed E-state index contributed by atoms with van der Waals surface area (Å²) >= 11 is 0. The van der Waals surface area contributed by atoms with Crippen molar-refractivity contribution in [2.75, 3.05) is 7.11 Å². The highest BCUT2D eigenvalue weighted by molar-refractivity contribution is 6.41. The molecule has 0 atom stereocenters. The molecule has 0 saturated carbocycles. The van der Waals surface area contributed by atoms with E-state index in [1.165, 1.54) is 18.0 Å². The number of aromatic nitrogens is 2. The minimum Gasteiger partial charge on any atom is -0.476 e. The lowest BCUT2D eigenvalue weighted by Crippen LogP contribution is -2.18. The molecule has 1 aromatic rings. The number of hydrogen-bond donors (Lipinski definition) is 1. The zero-order valence-corrected chi connectivity index (χ0v) is 7.26. The Morgan fingerprint density at radius 2 is 2.46 bits per heavy atom. The summed E-state index contributed by atoms with van der Waals surface area (Å²) < 4.78 is 1.41. The summed E-state index contributed by atoms with van der Waals surface area (Å²) in [4.78, 5) is 15.1. The number of carboxylic acids is 1. The van der Waals surface area contributed by atoms with Crippen LogP contribution in [0.2, 0.25) is 0 Å². The van der Waals surface area contributed by atoms with Gasteiger partial charge in [0.2, 0.25) is 5.71 Å². The van der Waals surface area contributed by atoms with Crippen LogP contribution in [0, 0.1) is 0 Å².